The number of rotatable bonds is 11. The number of anilines is 3. The van der Waals surface area contributed by atoms with Crippen molar-refractivity contribution in [1.29, 1.82) is 0 Å². The van der Waals surface area contributed by atoms with E-state index in [4.69, 9.17) is 10.8 Å². The van der Waals surface area contributed by atoms with Gasteiger partial charge in [-0.2, -0.15) is 9.47 Å². The van der Waals surface area contributed by atoms with Crippen molar-refractivity contribution >= 4 is 48.1 Å². The van der Waals surface area contributed by atoms with Crippen molar-refractivity contribution in [3.63, 3.8) is 0 Å². The van der Waals surface area contributed by atoms with E-state index >= 15 is 0 Å². The second-order valence-corrected chi connectivity index (χ2v) is 8.72. The Kier molecular flexibility index (Phi) is 8.03. The molecule has 194 valence electrons. The van der Waals surface area contributed by atoms with Crippen molar-refractivity contribution < 1.29 is 38.7 Å². The van der Waals surface area contributed by atoms with Crippen LogP contribution >= 0.6 is 0 Å². The van der Waals surface area contributed by atoms with Crippen LogP contribution in [0.15, 0.2) is 16.6 Å². The molecule has 3 amide bonds. The lowest BCUT2D eigenvalue weighted by Gasteiger charge is -2.35. The number of hydrogen-bond acceptors (Lipinski definition) is 10. The second kappa shape index (κ2) is 11.0. The first-order chi connectivity index (χ1) is 17.1. The number of carbonyl (C=O) groups excluding carboxylic acids is 3. The SMILES string of the molecule is Nc1nc2c(c(=O)[nH]1)NC(C[N+](C=O)(C=O)C1=CCC(C(=O)NC(CCC(=O)O)C(=O)O)CC1)CN2. The Morgan fingerprint density at radius 2 is 2.00 bits per heavy atom. The monoisotopic (exact) mass is 506 g/mol. The fraction of sp³-hybridized carbons (Fsp3) is 0.476. The van der Waals surface area contributed by atoms with Gasteiger partial charge < -0.3 is 31.9 Å². The van der Waals surface area contributed by atoms with E-state index in [1.165, 1.54) is 0 Å². The highest BCUT2D eigenvalue weighted by molar-refractivity contribution is 5.85. The molecule has 1 aliphatic carbocycles. The third-order valence-electron chi connectivity index (χ3n) is 6.25. The molecule has 36 heavy (non-hydrogen) atoms. The number of quaternary nitrogens is 1. The number of fused-ring (bicyclic) bond motifs is 1. The molecule has 15 heteroatoms. The number of imide groups is 1. The molecule has 0 spiro atoms. The maximum absolute atomic E-state index is 12.6. The van der Waals surface area contributed by atoms with Gasteiger partial charge in [-0.05, 0) is 25.3 Å². The van der Waals surface area contributed by atoms with Gasteiger partial charge in [-0.15, -0.1) is 0 Å². The third-order valence-corrected chi connectivity index (χ3v) is 6.25. The molecule has 8 N–H and O–H groups in total. The van der Waals surface area contributed by atoms with Crippen LogP contribution in [-0.4, -0.2) is 80.5 Å². The number of H-pyrrole nitrogens is 1. The fourth-order valence-corrected chi connectivity index (χ4v) is 4.32. The molecule has 15 nitrogen and oxygen atoms in total. The summed E-state index contributed by atoms with van der Waals surface area (Å²) in [7, 11) is 0. The molecular weight excluding hydrogens is 478 g/mol. The van der Waals surface area contributed by atoms with Crippen LogP contribution in [0, 0.1) is 5.92 Å². The molecule has 3 unspecified atom stereocenters. The highest BCUT2D eigenvalue weighted by Crippen LogP contribution is 2.30. The molecule has 3 atom stereocenters. The van der Waals surface area contributed by atoms with E-state index in [-0.39, 0.29) is 56.2 Å². The standard InChI is InChI=1S/C21H27N7O8/c22-21-26-17-16(19(34)27-21)24-12(7-23-17)8-28(9-29,10-30)13-3-1-11(2-4-13)18(33)25-14(20(35)36)5-6-15(31)32/h3,9-12,14,24H,1-2,4-8H2,(H6-,22,23,25,26,27,31,32,33,34,35,36)/p+1. The first-order valence-electron chi connectivity index (χ1n) is 11.2. The predicted molar refractivity (Wildman–Crippen MR) is 124 cm³/mol. The van der Waals surface area contributed by atoms with Gasteiger partial charge in [-0.1, -0.05) is 0 Å². The lowest BCUT2D eigenvalue weighted by Crippen LogP contribution is -2.54. The molecule has 0 saturated heterocycles. The number of allylic oxidation sites excluding steroid dienone is 2. The minimum atomic E-state index is -1.33. The van der Waals surface area contributed by atoms with E-state index in [9.17, 15) is 33.9 Å². The van der Waals surface area contributed by atoms with Gasteiger partial charge in [0.05, 0.1) is 6.04 Å². The van der Waals surface area contributed by atoms with Crippen LogP contribution in [0.25, 0.3) is 0 Å². The summed E-state index contributed by atoms with van der Waals surface area (Å²) >= 11 is 0. The molecule has 1 aromatic heterocycles. The van der Waals surface area contributed by atoms with E-state index < -0.39 is 52.3 Å². The van der Waals surface area contributed by atoms with Crippen LogP contribution < -0.4 is 27.2 Å². The number of carboxylic acid groups (broad SMARTS) is 2. The maximum Gasteiger partial charge on any atom is 0.326 e. The number of nitrogens with two attached hydrogens (primary N) is 1. The second-order valence-electron chi connectivity index (χ2n) is 8.72. The number of hydrogen-bond donors (Lipinski definition) is 7. The Morgan fingerprint density at radius 1 is 1.28 bits per heavy atom. The number of aromatic amines is 1. The fourth-order valence-electron chi connectivity index (χ4n) is 4.32. The van der Waals surface area contributed by atoms with E-state index in [1.54, 1.807) is 6.08 Å². The van der Waals surface area contributed by atoms with Crippen molar-refractivity contribution in [2.75, 3.05) is 29.5 Å². The molecule has 1 aliphatic heterocycles. The minimum absolute atomic E-state index is 0.0117. The van der Waals surface area contributed by atoms with Crippen molar-refractivity contribution in [2.24, 2.45) is 5.92 Å². The van der Waals surface area contributed by atoms with Gasteiger partial charge in [0.15, 0.2) is 5.82 Å². The number of nitrogens with zero attached hydrogens (tertiary/aromatic N) is 2. The predicted octanol–water partition coefficient (Wildman–Crippen LogP) is -1.19. The maximum atomic E-state index is 12.6. The zero-order valence-electron chi connectivity index (χ0n) is 19.2. The number of carboxylic acids is 2. The summed E-state index contributed by atoms with van der Waals surface area (Å²) in [4.78, 5) is 77.5. The number of carbonyl (C=O) groups is 5. The molecule has 0 bridgehead atoms. The molecule has 2 heterocycles. The van der Waals surface area contributed by atoms with Crippen molar-refractivity contribution in [3.8, 4) is 0 Å². The molecule has 0 saturated carbocycles. The average molecular weight is 506 g/mol. The van der Waals surface area contributed by atoms with Gasteiger partial charge in [0.2, 0.25) is 11.9 Å². The van der Waals surface area contributed by atoms with Gasteiger partial charge in [0.25, 0.3) is 5.56 Å². The quantitative estimate of drug-likeness (QED) is 0.139. The number of aromatic nitrogens is 2. The lowest BCUT2D eigenvalue weighted by molar-refractivity contribution is -0.722. The smallest absolute Gasteiger partial charge is 0.326 e. The van der Waals surface area contributed by atoms with E-state index in [2.05, 4.69) is 25.9 Å². The zero-order chi connectivity index (χ0) is 26.5. The number of nitrogens with one attached hydrogen (secondary N) is 4. The first-order valence-corrected chi connectivity index (χ1v) is 11.2. The molecule has 2 aliphatic rings. The topological polar surface area (TPSA) is 234 Å². The third kappa shape index (κ3) is 5.86. The van der Waals surface area contributed by atoms with Crippen LogP contribution in [0.2, 0.25) is 0 Å². The van der Waals surface area contributed by atoms with Crippen LogP contribution in [-0.2, 0) is 24.0 Å². The number of aliphatic carboxylic acids is 2. The van der Waals surface area contributed by atoms with Crippen LogP contribution in [0.1, 0.15) is 32.1 Å². The van der Waals surface area contributed by atoms with Crippen molar-refractivity contribution in [3.05, 3.63) is 22.1 Å². The van der Waals surface area contributed by atoms with Crippen LogP contribution in [0.5, 0.6) is 0 Å². The largest absolute Gasteiger partial charge is 0.481 e. The van der Waals surface area contributed by atoms with E-state index in [0.717, 1.165) is 0 Å². The Hall–Kier alpha value is -4.27. The molecule has 0 radical (unpaired) electrons. The lowest BCUT2D eigenvalue weighted by atomic mass is 9.90. The Bertz CT molecular complexity index is 1140. The Balaban J connectivity index is 1.68. The van der Waals surface area contributed by atoms with Gasteiger partial charge in [-0.3, -0.25) is 19.4 Å². The van der Waals surface area contributed by atoms with Crippen LogP contribution in [0.4, 0.5) is 17.5 Å². The highest BCUT2D eigenvalue weighted by Gasteiger charge is 2.40. The minimum Gasteiger partial charge on any atom is -0.481 e. The van der Waals surface area contributed by atoms with Gasteiger partial charge >= 0.3 is 24.8 Å². The van der Waals surface area contributed by atoms with Gasteiger partial charge in [0.1, 0.15) is 24.0 Å². The molecular formula is C21H28N7O8+. The van der Waals surface area contributed by atoms with Crippen LogP contribution in [0.3, 0.4) is 0 Å². The summed E-state index contributed by atoms with van der Waals surface area (Å²) in [5.74, 6) is -3.44. The first kappa shape index (κ1) is 26.3. The molecule has 3 rings (SSSR count). The molecule has 1 aromatic rings. The summed E-state index contributed by atoms with van der Waals surface area (Å²) in [5.41, 5.74) is 5.65. The number of amides is 3. The Morgan fingerprint density at radius 3 is 2.58 bits per heavy atom. The number of nitrogen functional groups attached to an aromatic ring is 1. The average Bonchev–Trinajstić information content (AvgIpc) is 2.85. The van der Waals surface area contributed by atoms with Gasteiger partial charge in [0, 0.05) is 25.3 Å². The summed E-state index contributed by atoms with van der Waals surface area (Å²) in [5, 5.41) is 26.3. The van der Waals surface area contributed by atoms with E-state index in [1.807, 2.05) is 0 Å². The normalized spacial score (nSPS) is 19.9. The van der Waals surface area contributed by atoms with Crippen molar-refractivity contribution in [1.82, 2.24) is 15.3 Å². The molecule has 0 aromatic carbocycles. The summed E-state index contributed by atoms with van der Waals surface area (Å²) in [6.45, 7) is 0.248. The Labute approximate surface area is 204 Å². The molecule has 0 fully saturated rings. The zero-order valence-corrected chi connectivity index (χ0v) is 19.2. The summed E-state index contributed by atoms with van der Waals surface area (Å²) < 4.78 is -0.667. The van der Waals surface area contributed by atoms with Gasteiger partial charge in [-0.25, -0.2) is 14.4 Å². The highest BCUT2D eigenvalue weighted by atomic mass is 16.4. The summed E-state index contributed by atoms with van der Waals surface area (Å²) in [6, 6.07) is -1.83. The van der Waals surface area contributed by atoms with Crippen molar-refractivity contribution in [2.45, 2.75) is 44.2 Å². The van der Waals surface area contributed by atoms with E-state index in [0.29, 0.717) is 18.5 Å². The summed E-state index contributed by atoms with van der Waals surface area (Å²) in [6.07, 6.45) is 2.58.